The summed E-state index contributed by atoms with van der Waals surface area (Å²) >= 11 is 3.04. The summed E-state index contributed by atoms with van der Waals surface area (Å²) in [6.45, 7) is 10.4. The topological polar surface area (TPSA) is 85.7 Å². The van der Waals surface area contributed by atoms with E-state index in [0.29, 0.717) is 23.6 Å². The zero-order chi connectivity index (χ0) is 22.1. The Morgan fingerprint density at radius 1 is 1.32 bits per heavy atom. The van der Waals surface area contributed by atoms with E-state index in [1.807, 2.05) is 49.6 Å². The summed E-state index contributed by atoms with van der Waals surface area (Å²) in [5.74, 6) is 2.05. The third-order valence-electron chi connectivity index (χ3n) is 5.10. The number of nitrogens with zero attached hydrogens (tertiary/aromatic N) is 4. The van der Waals surface area contributed by atoms with Crippen LogP contribution in [0.2, 0.25) is 0 Å². The first-order valence-electron chi connectivity index (χ1n) is 9.78. The standard InChI is InChI=1S/C22H23N5O2S2/c1-6-11-27-19(15-9-7-8-10-16(15)29-5)25-26-22(27)31-14(4)18-23-20(28)17-12(2)13(3)30-21(17)24-18/h6-10,14H,1,11H2,2-5H3,(H,23,24,28). The van der Waals surface area contributed by atoms with Crippen molar-refractivity contribution in [3.8, 4) is 17.1 Å². The van der Waals surface area contributed by atoms with Gasteiger partial charge in [-0.05, 0) is 38.5 Å². The Morgan fingerprint density at radius 2 is 2.10 bits per heavy atom. The minimum absolute atomic E-state index is 0.100. The van der Waals surface area contributed by atoms with E-state index in [0.717, 1.165) is 31.7 Å². The molecule has 0 saturated carbocycles. The fourth-order valence-electron chi connectivity index (χ4n) is 3.38. The van der Waals surface area contributed by atoms with Gasteiger partial charge in [0.25, 0.3) is 5.56 Å². The molecule has 4 rings (SSSR count). The first-order valence-corrected chi connectivity index (χ1v) is 11.5. The van der Waals surface area contributed by atoms with E-state index in [9.17, 15) is 4.79 Å². The smallest absolute Gasteiger partial charge is 0.259 e. The molecular weight excluding hydrogens is 430 g/mol. The van der Waals surface area contributed by atoms with E-state index >= 15 is 0 Å². The summed E-state index contributed by atoms with van der Waals surface area (Å²) in [4.78, 5) is 22.2. The van der Waals surface area contributed by atoms with Crippen LogP contribution in [-0.2, 0) is 6.54 Å². The number of methoxy groups -OCH3 is 1. The minimum Gasteiger partial charge on any atom is -0.496 e. The molecule has 4 aromatic rings. The van der Waals surface area contributed by atoms with Gasteiger partial charge in [0.15, 0.2) is 11.0 Å². The Hall–Kier alpha value is -2.91. The summed E-state index contributed by atoms with van der Waals surface area (Å²) in [5.41, 5.74) is 1.75. The van der Waals surface area contributed by atoms with Gasteiger partial charge in [-0.15, -0.1) is 28.1 Å². The Bertz CT molecular complexity index is 1320. The van der Waals surface area contributed by atoms with Gasteiger partial charge in [0.05, 0.1) is 23.3 Å². The molecule has 3 aromatic heterocycles. The molecule has 160 valence electrons. The van der Waals surface area contributed by atoms with Crippen molar-refractivity contribution < 1.29 is 4.74 Å². The first kappa shape index (κ1) is 21.3. The van der Waals surface area contributed by atoms with Crippen LogP contribution in [0.3, 0.4) is 0 Å². The highest BCUT2D eigenvalue weighted by Crippen LogP contribution is 2.36. The average molecular weight is 454 g/mol. The van der Waals surface area contributed by atoms with Crippen molar-refractivity contribution in [3.63, 3.8) is 0 Å². The number of hydrogen-bond donors (Lipinski definition) is 1. The molecule has 9 heteroatoms. The summed E-state index contributed by atoms with van der Waals surface area (Å²) in [6, 6.07) is 7.71. The number of aromatic amines is 1. The van der Waals surface area contributed by atoms with E-state index < -0.39 is 0 Å². The number of thioether (sulfide) groups is 1. The van der Waals surface area contributed by atoms with Gasteiger partial charge in [-0.3, -0.25) is 9.36 Å². The molecule has 0 radical (unpaired) electrons. The predicted octanol–water partition coefficient (Wildman–Crippen LogP) is 4.91. The van der Waals surface area contributed by atoms with Crippen LogP contribution in [-0.4, -0.2) is 31.8 Å². The number of fused-ring (bicyclic) bond motifs is 1. The lowest BCUT2D eigenvalue weighted by Crippen LogP contribution is -2.13. The van der Waals surface area contributed by atoms with Crippen molar-refractivity contribution in [2.24, 2.45) is 0 Å². The summed E-state index contributed by atoms with van der Waals surface area (Å²) in [5, 5.41) is 10.1. The van der Waals surface area contributed by atoms with Crippen LogP contribution in [0.25, 0.3) is 21.6 Å². The molecule has 0 saturated heterocycles. The second-order valence-electron chi connectivity index (χ2n) is 7.08. The average Bonchev–Trinajstić information content (AvgIpc) is 3.28. The number of para-hydroxylation sites is 1. The van der Waals surface area contributed by atoms with Gasteiger partial charge in [-0.25, -0.2) is 4.98 Å². The molecule has 1 N–H and O–H groups in total. The Labute approximate surface area is 188 Å². The van der Waals surface area contributed by atoms with Crippen molar-refractivity contribution in [2.45, 2.75) is 37.7 Å². The summed E-state index contributed by atoms with van der Waals surface area (Å²) < 4.78 is 7.48. The highest BCUT2D eigenvalue weighted by molar-refractivity contribution is 7.99. The SMILES string of the molecule is C=CCn1c(SC(C)c2nc3sc(C)c(C)c3c(=O)[nH]2)nnc1-c1ccccc1OC. The number of aromatic nitrogens is 5. The van der Waals surface area contributed by atoms with Gasteiger partial charge < -0.3 is 9.72 Å². The number of rotatable bonds is 7. The maximum atomic E-state index is 12.7. The monoisotopic (exact) mass is 453 g/mol. The van der Waals surface area contributed by atoms with Gasteiger partial charge >= 0.3 is 0 Å². The maximum Gasteiger partial charge on any atom is 0.259 e. The van der Waals surface area contributed by atoms with Gasteiger partial charge in [-0.1, -0.05) is 30.0 Å². The van der Waals surface area contributed by atoms with E-state index in [2.05, 4.69) is 21.8 Å². The zero-order valence-corrected chi connectivity index (χ0v) is 19.4. The van der Waals surface area contributed by atoms with Gasteiger partial charge in [0.1, 0.15) is 16.4 Å². The van der Waals surface area contributed by atoms with Crippen molar-refractivity contribution in [3.05, 3.63) is 63.5 Å². The molecule has 1 aromatic carbocycles. The van der Waals surface area contributed by atoms with Crippen LogP contribution in [0, 0.1) is 13.8 Å². The Morgan fingerprint density at radius 3 is 2.84 bits per heavy atom. The number of hydrogen-bond acceptors (Lipinski definition) is 7. The number of benzene rings is 1. The number of allylic oxidation sites excluding steroid dienone is 1. The summed E-state index contributed by atoms with van der Waals surface area (Å²) in [7, 11) is 1.64. The van der Waals surface area contributed by atoms with E-state index in [-0.39, 0.29) is 10.8 Å². The lowest BCUT2D eigenvalue weighted by Gasteiger charge is -2.13. The molecule has 0 aliphatic carbocycles. The number of nitrogens with one attached hydrogen (secondary N) is 1. The zero-order valence-electron chi connectivity index (χ0n) is 17.8. The molecule has 1 unspecified atom stereocenters. The van der Waals surface area contributed by atoms with Crippen molar-refractivity contribution >= 4 is 33.3 Å². The van der Waals surface area contributed by atoms with Crippen LogP contribution >= 0.6 is 23.1 Å². The van der Waals surface area contributed by atoms with Crippen LogP contribution in [0.15, 0.2) is 46.9 Å². The van der Waals surface area contributed by atoms with Gasteiger partial charge in [0.2, 0.25) is 0 Å². The molecule has 0 amide bonds. The first-order chi connectivity index (χ1) is 14.9. The highest BCUT2D eigenvalue weighted by Gasteiger charge is 2.21. The molecule has 1 atom stereocenters. The predicted molar refractivity (Wildman–Crippen MR) is 126 cm³/mol. The lowest BCUT2D eigenvalue weighted by atomic mass is 10.2. The molecular formula is C22H23N5O2S2. The molecule has 0 bridgehead atoms. The number of ether oxygens (including phenoxy) is 1. The molecule has 0 aliphatic rings. The Kier molecular flexibility index (Phi) is 5.97. The van der Waals surface area contributed by atoms with Crippen LogP contribution in [0.1, 0.15) is 28.4 Å². The molecule has 7 nitrogen and oxygen atoms in total. The quantitative estimate of drug-likeness (QED) is 0.316. The fourth-order valence-corrected chi connectivity index (χ4v) is 5.33. The van der Waals surface area contributed by atoms with E-state index in [1.165, 1.54) is 11.8 Å². The maximum absolute atomic E-state index is 12.7. The number of aryl methyl sites for hydroxylation is 2. The largest absolute Gasteiger partial charge is 0.496 e. The van der Waals surface area contributed by atoms with Crippen molar-refractivity contribution in [1.29, 1.82) is 0 Å². The summed E-state index contributed by atoms with van der Waals surface area (Å²) in [6.07, 6.45) is 1.81. The third kappa shape index (κ3) is 3.90. The second kappa shape index (κ2) is 8.68. The highest BCUT2D eigenvalue weighted by atomic mass is 32.2. The molecule has 0 fully saturated rings. The molecule has 3 heterocycles. The number of thiophene rings is 1. The van der Waals surface area contributed by atoms with Crippen molar-refractivity contribution in [2.75, 3.05) is 7.11 Å². The minimum atomic E-state index is -0.127. The van der Waals surface area contributed by atoms with E-state index in [4.69, 9.17) is 9.72 Å². The van der Waals surface area contributed by atoms with Crippen LogP contribution in [0.4, 0.5) is 0 Å². The van der Waals surface area contributed by atoms with Crippen molar-refractivity contribution in [1.82, 2.24) is 24.7 Å². The van der Waals surface area contributed by atoms with Crippen LogP contribution in [0.5, 0.6) is 5.75 Å². The molecule has 0 spiro atoms. The normalized spacial score (nSPS) is 12.3. The number of H-pyrrole nitrogens is 1. The lowest BCUT2D eigenvalue weighted by molar-refractivity contribution is 0.416. The van der Waals surface area contributed by atoms with E-state index in [1.54, 1.807) is 24.5 Å². The molecule has 31 heavy (non-hydrogen) atoms. The van der Waals surface area contributed by atoms with Gasteiger partial charge in [0, 0.05) is 11.4 Å². The Balaban J connectivity index is 1.71. The van der Waals surface area contributed by atoms with Gasteiger partial charge in [-0.2, -0.15) is 0 Å². The van der Waals surface area contributed by atoms with Crippen LogP contribution < -0.4 is 10.3 Å². The second-order valence-corrected chi connectivity index (χ2v) is 9.59. The third-order valence-corrected chi connectivity index (χ3v) is 7.29. The fraction of sp³-hybridized carbons (Fsp3) is 0.273. The molecule has 0 aliphatic heterocycles.